The first-order valence-electron chi connectivity index (χ1n) is 14.3. The normalized spacial score (nSPS) is 13.0. The highest BCUT2D eigenvalue weighted by Crippen LogP contribution is 2.21. The van der Waals surface area contributed by atoms with E-state index in [1.807, 2.05) is 36.7 Å². The molecule has 196 valence electrons. The first-order valence-corrected chi connectivity index (χ1v) is 14.3. The van der Waals surface area contributed by atoms with Crippen LogP contribution in [0.4, 0.5) is 4.39 Å². The van der Waals surface area contributed by atoms with E-state index < -0.39 is 6.17 Å². The minimum absolute atomic E-state index is 0.409. The summed E-state index contributed by atoms with van der Waals surface area (Å²) in [6, 6.07) is 7.80. The summed E-state index contributed by atoms with van der Waals surface area (Å²) in [5.41, 5.74) is 2.18. The fourth-order valence-corrected chi connectivity index (χ4v) is 4.52. The summed E-state index contributed by atoms with van der Waals surface area (Å²) in [6.07, 6.45) is 20.7. The Morgan fingerprint density at radius 3 is 2.00 bits per heavy atom. The molecule has 0 spiro atoms. The van der Waals surface area contributed by atoms with Crippen molar-refractivity contribution < 1.29 is 9.13 Å². The van der Waals surface area contributed by atoms with Gasteiger partial charge in [0.05, 0.1) is 6.61 Å². The van der Waals surface area contributed by atoms with Gasteiger partial charge in [-0.2, -0.15) is 0 Å². The zero-order chi connectivity index (χ0) is 25.1. The fraction of sp³-hybridized carbons (Fsp3) is 0.677. The minimum atomic E-state index is -0.781. The molecule has 2 aromatic rings. The number of nitrogens with zero attached hydrogens (tertiary/aromatic N) is 2. The summed E-state index contributed by atoms with van der Waals surface area (Å²) in [4.78, 5) is 9.13. The number of hydrogen-bond donors (Lipinski definition) is 0. The maximum Gasteiger partial charge on any atom is 0.159 e. The van der Waals surface area contributed by atoms with Crippen molar-refractivity contribution in [3.8, 4) is 17.1 Å². The summed E-state index contributed by atoms with van der Waals surface area (Å²) >= 11 is 0. The van der Waals surface area contributed by atoms with Crippen LogP contribution in [-0.2, 0) is 6.42 Å². The van der Waals surface area contributed by atoms with Gasteiger partial charge in [0.15, 0.2) is 5.82 Å². The van der Waals surface area contributed by atoms with Gasteiger partial charge in [0, 0.05) is 24.4 Å². The molecule has 0 saturated carbocycles. The molecule has 0 bridgehead atoms. The molecule has 0 aliphatic carbocycles. The second-order valence-electron chi connectivity index (χ2n) is 10.2. The van der Waals surface area contributed by atoms with Crippen molar-refractivity contribution in [1.82, 2.24) is 9.97 Å². The molecule has 0 radical (unpaired) electrons. The number of halogens is 1. The van der Waals surface area contributed by atoms with E-state index in [1.54, 1.807) is 0 Å². The molecule has 0 fully saturated rings. The van der Waals surface area contributed by atoms with Gasteiger partial charge < -0.3 is 4.74 Å². The third-order valence-corrected chi connectivity index (χ3v) is 6.84. The van der Waals surface area contributed by atoms with Crippen molar-refractivity contribution in [3.05, 3.63) is 42.2 Å². The van der Waals surface area contributed by atoms with Gasteiger partial charge in [-0.05, 0) is 61.4 Å². The molecule has 0 N–H and O–H groups in total. The number of aromatic nitrogens is 2. The second kappa shape index (κ2) is 18.3. The van der Waals surface area contributed by atoms with Crippen LogP contribution in [-0.4, -0.2) is 22.7 Å². The summed E-state index contributed by atoms with van der Waals surface area (Å²) in [5, 5.41) is 0. The Labute approximate surface area is 214 Å². The van der Waals surface area contributed by atoms with E-state index in [9.17, 15) is 4.39 Å². The first kappa shape index (κ1) is 29.3. The van der Waals surface area contributed by atoms with E-state index in [-0.39, 0.29) is 0 Å². The molecule has 2 atom stereocenters. The number of hydrogen-bond acceptors (Lipinski definition) is 3. The predicted octanol–water partition coefficient (Wildman–Crippen LogP) is 9.54. The maximum atomic E-state index is 14.1. The van der Waals surface area contributed by atoms with Gasteiger partial charge in [-0.1, -0.05) is 85.0 Å². The fourth-order valence-electron chi connectivity index (χ4n) is 4.52. The summed E-state index contributed by atoms with van der Waals surface area (Å²) in [5.74, 6) is 2.11. The monoisotopic (exact) mass is 484 g/mol. The Hall–Kier alpha value is -1.97. The highest BCUT2D eigenvalue weighted by Gasteiger charge is 2.10. The largest absolute Gasteiger partial charge is 0.493 e. The van der Waals surface area contributed by atoms with Crippen molar-refractivity contribution in [3.63, 3.8) is 0 Å². The lowest BCUT2D eigenvalue weighted by atomic mass is 9.98. The third-order valence-electron chi connectivity index (χ3n) is 6.84. The standard InChI is InChI=1S/C31H49FN2O/c1-4-6-7-8-9-10-11-12-13-15-27-24-33-31(34-25-27)28-17-20-30(21-18-28)35-23-22-29(32)19-16-26(3)14-5-2/h17-18,20-21,24-26,29H,4-16,19,22-23H2,1-3H3. The van der Waals surface area contributed by atoms with E-state index in [0.717, 1.165) is 30.0 Å². The molecular weight excluding hydrogens is 435 g/mol. The highest BCUT2D eigenvalue weighted by atomic mass is 19.1. The molecule has 2 unspecified atom stereocenters. The SMILES string of the molecule is CCCCCCCCCCCc1cnc(-c2ccc(OCCC(F)CCC(C)CCC)cc2)nc1. The van der Waals surface area contributed by atoms with E-state index in [0.29, 0.717) is 25.4 Å². The molecule has 4 heteroatoms. The Morgan fingerprint density at radius 1 is 0.743 bits per heavy atom. The summed E-state index contributed by atoms with van der Waals surface area (Å²) in [7, 11) is 0. The molecule has 1 heterocycles. The smallest absolute Gasteiger partial charge is 0.159 e. The van der Waals surface area contributed by atoms with Crippen LogP contribution in [0.25, 0.3) is 11.4 Å². The number of aryl methyl sites for hydroxylation is 1. The van der Waals surface area contributed by atoms with E-state index in [1.165, 1.54) is 76.2 Å². The van der Waals surface area contributed by atoms with Gasteiger partial charge in [-0.15, -0.1) is 0 Å². The highest BCUT2D eigenvalue weighted by molar-refractivity contribution is 5.55. The van der Waals surface area contributed by atoms with E-state index in [4.69, 9.17) is 4.74 Å². The van der Waals surface area contributed by atoms with Gasteiger partial charge in [0.2, 0.25) is 0 Å². The van der Waals surface area contributed by atoms with Gasteiger partial charge >= 0.3 is 0 Å². The van der Waals surface area contributed by atoms with Crippen molar-refractivity contribution in [2.45, 2.75) is 123 Å². The summed E-state index contributed by atoms with van der Waals surface area (Å²) < 4.78 is 19.9. The molecule has 1 aromatic heterocycles. The third kappa shape index (κ3) is 13.1. The van der Waals surface area contributed by atoms with Gasteiger partial charge in [0.25, 0.3) is 0 Å². The zero-order valence-corrected chi connectivity index (χ0v) is 22.6. The number of unbranched alkanes of at least 4 members (excludes halogenated alkanes) is 8. The molecule has 3 nitrogen and oxygen atoms in total. The van der Waals surface area contributed by atoms with E-state index in [2.05, 4.69) is 30.7 Å². The predicted molar refractivity (Wildman–Crippen MR) is 147 cm³/mol. The van der Waals surface area contributed by atoms with Crippen LogP contribution >= 0.6 is 0 Å². The minimum Gasteiger partial charge on any atom is -0.493 e. The van der Waals surface area contributed by atoms with Crippen molar-refractivity contribution >= 4 is 0 Å². The van der Waals surface area contributed by atoms with Crippen LogP contribution in [0.3, 0.4) is 0 Å². The average Bonchev–Trinajstić information content (AvgIpc) is 2.87. The molecular formula is C31H49FN2O. The van der Waals surface area contributed by atoms with Crippen molar-refractivity contribution in [1.29, 1.82) is 0 Å². The Bertz CT molecular complexity index is 763. The topological polar surface area (TPSA) is 35.0 Å². The number of ether oxygens (including phenoxy) is 1. The molecule has 2 rings (SSSR count). The Kier molecular flexibility index (Phi) is 15.3. The molecule has 0 saturated heterocycles. The van der Waals surface area contributed by atoms with Gasteiger partial charge in [0.1, 0.15) is 11.9 Å². The number of rotatable bonds is 20. The Morgan fingerprint density at radius 2 is 1.37 bits per heavy atom. The van der Waals surface area contributed by atoms with Crippen LogP contribution in [0.2, 0.25) is 0 Å². The number of benzene rings is 1. The van der Waals surface area contributed by atoms with Crippen LogP contribution in [0.5, 0.6) is 5.75 Å². The number of alkyl halides is 1. The second-order valence-corrected chi connectivity index (χ2v) is 10.2. The maximum absolute atomic E-state index is 14.1. The molecule has 0 amide bonds. The summed E-state index contributed by atoms with van der Waals surface area (Å²) in [6.45, 7) is 7.07. The quantitative estimate of drug-likeness (QED) is 0.175. The lowest BCUT2D eigenvalue weighted by molar-refractivity contribution is 0.216. The first-order chi connectivity index (χ1) is 17.1. The Balaban J connectivity index is 1.63. The lowest BCUT2D eigenvalue weighted by Gasteiger charge is -2.13. The zero-order valence-electron chi connectivity index (χ0n) is 22.6. The van der Waals surface area contributed by atoms with Gasteiger partial charge in [-0.25, -0.2) is 14.4 Å². The molecule has 35 heavy (non-hydrogen) atoms. The van der Waals surface area contributed by atoms with Crippen LogP contribution in [0.1, 0.15) is 116 Å². The van der Waals surface area contributed by atoms with Crippen LogP contribution in [0, 0.1) is 5.92 Å². The van der Waals surface area contributed by atoms with Crippen LogP contribution in [0.15, 0.2) is 36.7 Å². The molecule has 1 aromatic carbocycles. The average molecular weight is 485 g/mol. The van der Waals surface area contributed by atoms with Gasteiger partial charge in [-0.3, -0.25) is 0 Å². The van der Waals surface area contributed by atoms with Crippen LogP contribution < -0.4 is 4.74 Å². The van der Waals surface area contributed by atoms with E-state index >= 15 is 0 Å². The van der Waals surface area contributed by atoms with Crippen molar-refractivity contribution in [2.75, 3.05) is 6.61 Å². The molecule has 0 aliphatic rings. The molecule has 0 aliphatic heterocycles. The lowest BCUT2D eigenvalue weighted by Crippen LogP contribution is -2.09. The van der Waals surface area contributed by atoms with Crippen molar-refractivity contribution in [2.24, 2.45) is 5.92 Å².